The molecule has 2 rings (SSSR count). The van der Waals surface area contributed by atoms with Gasteiger partial charge >= 0.3 is 0 Å². The van der Waals surface area contributed by atoms with Gasteiger partial charge in [-0.3, -0.25) is 4.79 Å². The summed E-state index contributed by atoms with van der Waals surface area (Å²) < 4.78 is 0. The second kappa shape index (κ2) is 6.92. The number of nitrogens with zero attached hydrogens (tertiary/aromatic N) is 1. The number of hydrogen-bond donors (Lipinski definition) is 1. The van der Waals surface area contributed by atoms with Crippen molar-refractivity contribution in [2.24, 2.45) is 11.7 Å². The van der Waals surface area contributed by atoms with Gasteiger partial charge in [-0.15, -0.1) is 12.4 Å². The molecule has 4 heteroatoms. The zero-order valence-corrected chi connectivity index (χ0v) is 12.5. The predicted molar refractivity (Wildman–Crippen MR) is 80.6 cm³/mol. The number of hydrogen-bond acceptors (Lipinski definition) is 2. The van der Waals surface area contributed by atoms with Gasteiger partial charge in [0.05, 0.1) is 0 Å². The first-order valence-corrected chi connectivity index (χ1v) is 6.68. The lowest BCUT2D eigenvalue weighted by Crippen LogP contribution is -2.36. The third kappa shape index (κ3) is 3.48. The zero-order valence-electron chi connectivity index (χ0n) is 11.6. The van der Waals surface area contributed by atoms with Crippen LogP contribution in [0.15, 0.2) is 24.3 Å². The number of aryl methyl sites for hydroxylation is 1. The first-order valence-electron chi connectivity index (χ1n) is 6.68. The van der Waals surface area contributed by atoms with Crippen LogP contribution in [0.3, 0.4) is 0 Å². The summed E-state index contributed by atoms with van der Waals surface area (Å²) in [5.41, 5.74) is 8.27. The maximum absolute atomic E-state index is 12.1. The molecule has 0 radical (unpaired) electrons. The number of amides is 1. The Hall–Kier alpha value is -1.06. The zero-order chi connectivity index (χ0) is 13.1. The van der Waals surface area contributed by atoms with Crippen LogP contribution in [0.25, 0.3) is 0 Å². The van der Waals surface area contributed by atoms with Crippen molar-refractivity contribution in [2.45, 2.75) is 26.2 Å². The van der Waals surface area contributed by atoms with E-state index in [0.29, 0.717) is 12.5 Å². The molecule has 1 fully saturated rings. The number of nitrogens with two attached hydrogens (primary N) is 1. The van der Waals surface area contributed by atoms with Gasteiger partial charge in [-0.25, -0.2) is 0 Å². The summed E-state index contributed by atoms with van der Waals surface area (Å²) in [5.74, 6) is 0.634. The molecule has 106 valence electrons. The fourth-order valence-electron chi connectivity index (χ4n) is 2.67. The summed E-state index contributed by atoms with van der Waals surface area (Å²) in [4.78, 5) is 14.1. The van der Waals surface area contributed by atoms with Gasteiger partial charge in [0, 0.05) is 31.5 Å². The minimum Gasteiger partial charge on any atom is -0.342 e. The second-order valence-electron chi connectivity index (χ2n) is 5.26. The molecule has 1 aliphatic rings. The standard InChI is InChI=1S/C15H22N2O.ClH/c1-11-5-3-4-6-14(11)13-7-8-17(10-13)15(18)12(2)9-16;/h3-6,12-13H,7-10,16H2,1-2H3;1H. The third-order valence-electron chi connectivity index (χ3n) is 3.90. The molecule has 2 unspecified atom stereocenters. The molecule has 19 heavy (non-hydrogen) atoms. The molecule has 3 nitrogen and oxygen atoms in total. The molecule has 1 aromatic carbocycles. The first-order chi connectivity index (χ1) is 8.63. The summed E-state index contributed by atoms with van der Waals surface area (Å²) in [5, 5.41) is 0. The Bertz CT molecular complexity index is 436. The summed E-state index contributed by atoms with van der Waals surface area (Å²) in [7, 11) is 0. The maximum atomic E-state index is 12.1. The van der Waals surface area contributed by atoms with E-state index in [1.54, 1.807) is 0 Å². The van der Waals surface area contributed by atoms with Gasteiger partial charge in [-0.1, -0.05) is 31.2 Å². The molecule has 0 aliphatic carbocycles. The largest absolute Gasteiger partial charge is 0.342 e. The number of likely N-dealkylation sites (tertiary alicyclic amines) is 1. The van der Waals surface area contributed by atoms with Crippen molar-refractivity contribution in [1.82, 2.24) is 4.90 Å². The van der Waals surface area contributed by atoms with Crippen molar-refractivity contribution < 1.29 is 4.79 Å². The van der Waals surface area contributed by atoms with E-state index < -0.39 is 0 Å². The Morgan fingerprint density at radius 1 is 1.47 bits per heavy atom. The molecule has 1 saturated heterocycles. The predicted octanol–water partition coefficient (Wildman–Crippen LogP) is 2.33. The fraction of sp³-hybridized carbons (Fsp3) is 0.533. The minimum atomic E-state index is -0.0550. The molecule has 0 aromatic heterocycles. The average Bonchev–Trinajstić information content (AvgIpc) is 2.87. The van der Waals surface area contributed by atoms with E-state index in [-0.39, 0.29) is 24.2 Å². The van der Waals surface area contributed by atoms with Gasteiger partial charge in [0.1, 0.15) is 0 Å². The summed E-state index contributed by atoms with van der Waals surface area (Å²) >= 11 is 0. The summed E-state index contributed by atoms with van der Waals surface area (Å²) in [6.07, 6.45) is 1.06. The fourth-order valence-corrected chi connectivity index (χ4v) is 2.67. The number of carbonyl (C=O) groups is 1. The molecule has 1 heterocycles. The lowest BCUT2D eigenvalue weighted by atomic mass is 9.94. The molecule has 0 spiro atoms. The highest BCUT2D eigenvalue weighted by molar-refractivity contribution is 5.85. The number of benzene rings is 1. The van der Waals surface area contributed by atoms with Gasteiger partial charge in [0.25, 0.3) is 0 Å². The van der Waals surface area contributed by atoms with Crippen LogP contribution in [0.2, 0.25) is 0 Å². The van der Waals surface area contributed by atoms with E-state index in [4.69, 9.17) is 5.73 Å². The van der Waals surface area contributed by atoms with Crippen LogP contribution in [0.5, 0.6) is 0 Å². The van der Waals surface area contributed by atoms with Crippen LogP contribution in [-0.2, 0) is 4.79 Å². The molecule has 2 atom stereocenters. The van der Waals surface area contributed by atoms with E-state index in [1.165, 1.54) is 11.1 Å². The minimum absolute atomic E-state index is 0. The van der Waals surface area contributed by atoms with Crippen LogP contribution in [0.1, 0.15) is 30.4 Å². The van der Waals surface area contributed by atoms with E-state index in [2.05, 4.69) is 31.2 Å². The molecule has 1 aliphatic heterocycles. The van der Waals surface area contributed by atoms with E-state index in [9.17, 15) is 4.79 Å². The highest BCUT2D eigenvalue weighted by Crippen LogP contribution is 2.29. The topological polar surface area (TPSA) is 46.3 Å². The van der Waals surface area contributed by atoms with Crippen LogP contribution in [0, 0.1) is 12.8 Å². The number of rotatable bonds is 3. The van der Waals surface area contributed by atoms with Gasteiger partial charge in [0.2, 0.25) is 5.91 Å². The highest BCUT2D eigenvalue weighted by atomic mass is 35.5. The molecule has 0 saturated carbocycles. The van der Waals surface area contributed by atoms with Crippen molar-refractivity contribution in [1.29, 1.82) is 0 Å². The smallest absolute Gasteiger partial charge is 0.226 e. The quantitative estimate of drug-likeness (QED) is 0.925. The Morgan fingerprint density at radius 2 is 2.16 bits per heavy atom. The highest BCUT2D eigenvalue weighted by Gasteiger charge is 2.29. The van der Waals surface area contributed by atoms with Gasteiger partial charge in [-0.2, -0.15) is 0 Å². The maximum Gasteiger partial charge on any atom is 0.226 e. The molecule has 2 N–H and O–H groups in total. The third-order valence-corrected chi connectivity index (χ3v) is 3.90. The van der Waals surface area contributed by atoms with E-state index in [0.717, 1.165) is 19.5 Å². The Kier molecular flexibility index (Phi) is 5.83. The van der Waals surface area contributed by atoms with Crippen LogP contribution in [0.4, 0.5) is 0 Å². The monoisotopic (exact) mass is 282 g/mol. The van der Waals surface area contributed by atoms with Crippen molar-refractivity contribution in [2.75, 3.05) is 19.6 Å². The van der Waals surface area contributed by atoms with Gasteiger partial charge < -0.3 is 10.6 Å². The SMILES string of the molecule is Cc1ccccc1C1CCN(C(=O)C(C)CN)C1.Cl. The lowest BCUT2D eigenvalue weighted by Gasteiger charge is -2.20. The van der Waals surface area contributed by atoms with E-state index in [1.807, 2.05) is 11.8 Å². The van der Waals surface area contributed by atoms with Gasteiger partial charge in [0.15, 0.2) is 0 Å². The first kappa shape index (κ1) is 16.0. The van der Waals surface area contributed by atoms with Crippen LogP contribution >= 0.6 is 12.4 Å². The van der Waals surface area contributed by atoms with Crippen molar-refractivity contribution in [3.8, 4) is 0 Å². The van der Waals surface area contributed by atoms with Crippen molar-refractivity contribution in [3.63, 3.8) is 0 Å². The Balaban J connectivity index is 0.00000180. The number of halogens is 1. The molecule has 0 bridgehead atoms. The van der Waals surface area contributed by atoms with Crippen molar-refractivity contribution >= 4 is 18.3 Å². The van der Waals surface area contributed by atoms with Gasteiger partial charge in [-0.05, 0) is 24.5 Å². The Labute approximate surface area is 121 Å². The molecule has 1 amide bonds. The second-order valence-corrected chi connectivity index (χ2v) is 5.26. The summed E-state index contributed by atoms with van der Waals surface area (Å²) in [6.45, 7) is 6.19. The summed E-state index contributed by atoms with van der Waals surface area (Å²) in [6, 6.07) is 8.46. The number of carbonyl (C=O) groups excluding carboxylic acids is 1. The lowest BCUT2D eigenvalue weighted by molar-refractivity contribution is -0.133. The van der Waals surface area contributed by atoms with Crippen LogP contribution < -0.4 is 5.73 Å². The van der Waals surface area contributed by atoms with Crippen LogP contribution in [-0.4, -0.2) is 30.4 Å². The molecular formula is C15H23ClN2O. The normalized spacial score (nSPS) is 19.9. The average molecular weight is 283 g/mol. The Morgan fingerprint density at radius 3 is 2.79 bits per heavy atom. The molecular weight excluding hydrogens is 260 g/mol. The molecule has 1 aromatic rings. The van der Waals surface area contributed by atoms with Crippen molar-refractivity contribution in [3.05, 3.63) is 35.4 Å². The van der Waals surface area contributed by atoms with E-state index >= 15 is 0 Å².